The standard InChI is InChI=1S/C13H17NO2/c1-3-6-16-10-4-5-13-11(7-10)12(8-14-13)9(2)15/h4-5,7-9,14-15H,3,6H2,1-2H3/t9-/m0/s1. The number of aromatic nitrogens is 1. The predicted octanol–water partition coefficient (Wildman–Crippen LogP) is 3.01. The van der Waals surface area contributed by atoms with Crippen molar-refractivity contribution in [3.8, 4) is 5.75 Å². The average Bonchev–Trinajstić information content (AvgIpc) is 2.69. The number of hydrogen-bond acceptors (Lipinski definition) is 2. The summed E-state index contributed by atoms with van der Waals surface area (Å²) in [6, 6.07) is 5.90. The van der Waals surface area contributed by atoms with Crippen LogP contribution >= 0.6 is 0 Å². The van der Waals surface area contributed by atoms with Crippen molar-refractivity contribution >= 4 is 10.9 Å². The van der Waals surface area contributed by atoms with Crippen molar-refractivity contribution in [3.63, 3.8) is 0 Å². The molecule has 0 saturated heterocycles. The van der Waals surface area contributed by atoms with Gasteiger partial charge in [0.2, 0.25) is 0 Å². The highest BCUT2D eigenvalue weighted by molar-refractivity contribution is 5.84. The second-order valence-corrected chi connectivity index (χ2v) is 3.98. The number of benzene rings is 1. The Morgan fingerprint density at radius 1 is 1.44 bits per heavy atom. The van der Waals surface area contributed by atoms with Crippen molar-refractivity contribution in [2.45, 2.75) is 26.4 Å². The number of nitrogens with one attached hydrogen (secondary N) is 1. The van der Waals surface area contributed by atoms with Crippen molar-refractivity contribution < 1.29 is 9.84 Å². The van der Waals surface area contributed by atoms with Crippen LogP contribution in [0.2, 0.25) is 0 Å². The largest absolute Gasteiger partial charge is 0.494 e. The molecule has 0 saturated carbocycles. The van der Waals surface area contributed by atoms with Gasteiger partial charge in [0, 0.05) is 22.7 Å². The Kier molecular flexibility index (Phi) is 3.15. The first-order valence-corrected chi connectivity index (χ1v) is 5.64. The molecule has 3 nitrogen and oxygen atoms in total. The zero-order valence-electron chi connectivity index (χ0n) is 9.66. The van der Waals surface area contributed by atoms with Gasteiger partial charge in [0.05, 0.1) is 12.7 Å². The molecular weight excluding hydrogens is 202 g/mol. The molecule has 2 N–H and O–H groups in total. The Hall–Kier alpha value is -1.48. The maximum atomic E-state index is 9.62. The van der Waals surface area contributed by atoms with Gasteiger partial charge in [0.1, 0.15) is 5.75 Å². The van der Waals surface area contributed by atoms with Crippen LogP contribution < -0.4 is 4.74 Å². The molecule has 0 spiro atoms. The van der Waals surface area contributed by atoms with Crippen molar-refractivity contribution in [2.75, 3.05) is 6.61 Å². The Labute approximate surface area is 95.1 Å². The molecule has 86 valence electrons. The zero-order valence-corrected chi connectivity index (χ0v) is 9.66. The van der Waals surface area contributed by atoms with Gasteiger partial charge in [-0.15, -0.1) is 0 Å². The van der Waals surface area contributed by atoms with E-state index in [9.17, 15) is 5.11 Å². The normalized spacial score (nSPS) is 12.9. The first kappa shape index (κ1) is 11.0. The summed E-state index contributed by atoms with van der Waals surface area (Å²) in [6.45, 7) is 4.57. The Balaban J connectivity index is 2.38. The van der Waals surface area contributed by atoms with Crippen LogP contribution in [0.15, 0.2) is 24.4 Å². The first-order valence-electron chi connectivity index (χ1n) is 5.64. The van der Waals surface area contributed by atoms with Crippen LogP contribution in [0.25, 0.3) is 10.9 Å². The molecule has 0 radical (unpaired) electrons. The molecule has 0 amide bonds. The van der Waals surface area contributed by atoms with E-state index in [1.165, 1.54) is 0 Å². The summed E-state index contributed by atoms with van der Waals surface area (Å²) < 4.78 is 5.57. The van der Waals surface area contributed by atoms with Gasteiger partial charge in [-0.05, 0) is 31.5 Å². The second kappa shape index (κ2) is 4.58. The van der Waals surface area contributed by atoms with E-state index in [4.69, 9.17) is 4.74 Å². The lowest BCUT2D eigenvalue weighted by Gasteiger charge is -2.06. The van der Waals surface area contributed by atoms with Gasteiger partial charge in [0.25, 0.3) is 0 Å². The molecule has 1 aromatic heterocycles. The fourth-order valence-corrected chi connectivity index (χ4v) is 1.78. The van der Waals surface area contributed by atoms with E-state index < -0.39 is 6.10 Å². The lowest BCUT2D eigenvalue weighted by atomic mass is 10.1. The quantitative estimate of drug-likeness (QED) is 0.830. The van der Waals surface area contributed by atoms with E-state index in [1.807, 2.05) is 24.4 Å². The van der Waals surface area contributed by atoms with Crippen LogP contribution in [0.1, 0.15) is 31.9 Å². The van der Waals surface area contributed by atoms with Crippen LogP contribution in [0, 0.1) is 0 Å². The lowest BCUT2D eigenvalue weighted by Crippen LogP contribution is -1.95. The van der Waals surface area contributed by atoms with Crippen molar-refractivity contribution in [1.29, 1.82) is 0 Å². The second-order valence-electron chi connectivity index (χ2n) is 3.98. The molecule has 0 aliphatic carbocycles. The monoisotopic (exact) mass is 219 g/mol. The number of rotatable bonds is 4. The van der Waals surface area contributed by atoms with E-state index >= 15 is 0 Å². The summed E-state index contributed by atoms with van der Waals surface area (Å²) in [7, 11) is 0. The highest BCUT2D eigenvalue weighted by Crippen LogP contribution is 2.27. The summed E-state index contributed by atoms with van der Waals surface area (Å²) in [5.74, 6) is 0.857. The minimum absolute atomic E-state index is 0.463. The maximum Gasteiger partial charge on any atom is 0.120 e. The maximum absolute atomic E-state index is 9.62. The Morgan fingerprint density at radius 2 is 2.25 bits per heavy atom. The highest BCUT2D eigenvalue weighted by atomic mass is 16.5. The number of aliphatic hydroxyl groups is 1. The predicted molar refractivity (Wildman–Crippen MR) is 64.7 cm³/mol. The summed E-state index contributed by atoms with van der Waals surface area (Å²) in [4.78, 5) is 3.14. The molecule has 2 aromatic rings. The molecule has 0 fully saturated rings. The average molecular weight is 219 g/mol. The summed E-state index contributed by atoms with van der Waals surface area (Å²) in [5, 5.41) is 10.6. The highest BCUT2D eigenvalue weighted by Gasteiger charge is 2.09. The summed E-state index contributed by atoms with van der Waals surface area (Å²) in [6.07, 6.45) is 2.38. The summed E-state index contributed by atoms with van der Waals surface area (Å²) in [5.41, 5.74) is 1.94. The number of fused-ring (bicyclic) bond motifs is 1. The van der Waals surface area contributed by atoms with E-state index in [0.29, 0.717) is 0 Å². The number of H-pyrrole nitrogens is 1. The van der Waals surface area contributed by atoms with Crippen molar-refractivity contribution in [2.24, 2.45) is 0 Å². The minimum atomic E-state index is -0.463. The summed E-state index contributed by atoms with van der Waals surface area (Å²) >= 11 is 0. The van der Waals surface area contributed by atoms with Gasteiger partial charge in [-0.3, -0.25) is 0 Å². The van der Waals surface area contributed by atoms with Gasteiger partial charge in [-0.2, -0.15) is 0 Å². The Bertz CT molecular complexity index is 474. The van der Waals surface area contributed by atoms with E-state index in [0.717, 1.165) is 35.2 Å². The van der Waals surface area contributed by atoms with Gasteiger partial charge in [-0.1, -0.05) is 6.92 Å². The number of aliphatic hydroxyl groups excluding tert-OH is 1. The number of aromatic amines is 1. The van der Waals surface area contributed by atoms with Crippen LogP contribution in [-0.4, -0.2) is 16.7 Å². The zero-order chi connectivity index (χ0) is 11.5. The van der Waals surface area contributed by atoms with Crippen molar-refractivity contribution in [1.82, 2.24) is 4.98 Å². The molecule has 0 aliphatic rings. The third kappa shape index (κ3) is 2.04. The number of hydrogen-bond donors (Lipinski definition) is 2. The van der Waals surface area contributed by atoms with Crippen LogP contribution in [0.3, 0.4) is 0 Å². The third-order valence-electron chi connectivity index (χ3n) is 2.61. The van der Waals surface area contributed by atoms with Crippen LogP contribution in [-0.2, 0) is 0 Å². The van der Waals surface area contributed by atoms with Crippen LogP contribution in [0.4, 0.5) is 0 Å². The fraction of sp³-hybridized carbons (Fsp3) is 0.385. The molecule has 2 rings (SSSR count). The molecule has 0 aliphatic heterocycles. The van der Waals surface area contributed by atoms with Crippen molar-refractivity contribution in [3.05, 3.63) is 30.0 Å². The molecule has 0 bridgehead atoms. The fourth-order valence-electron chi connectivity index (χ4n) is 1.78. The van der Waals surface area contributed by atoms with Gasteiger partial charge < -0.3 is 14.8 Å². The number of ether oxygens (including phenoxy) is 1. The Morgan fingerprint density at radius 3 is 2.94 bits per heavy atom. The van der Waals surface area contributed by atoms with E-state index in [1.54, 1.807) is 6.92 Å². The minimum Gasteiger partial charge on any atom is -0.494 e. The first-order chi connectivity index (χ1) is 7.72. The molecule has 16 heavy (non-hydrogen) atoms. The lowest BCUT2D eigenvalue weighted by molar-refractivity contribution is 0.201. The van der Waals surface area contributed by atoms with Gasteiger partial charge in [-0.25, -0.2) is 0 Å². The molecule has 1 heterocycles. The molecule has 1 atom stereocenters. The molecule has 3 heteroatoms. The van der Waals surface area contributed by atoms with E-state index in [2.05, 4.69) is 11.9 Å². The van der Waals surface area contributed by atoms with Gasteiger partial charge in [0.15, 0.2) is 0 Å². The molecule has 0 unspecified atom stereocenters. The smallest absolute Gasteiger partial charge is 0.120 e. The van der Waals surface area contributed by atoms with Gasteiger partial charge >= 0.3 is 0 Å². The molecule has 1 aromatic carbocycles. The third-order valence-corrected chi connectivity index (χ3v) is 2.61. The van der Waals surface area contributed by atoms with Crippen LogP contribution in [0.5, 0.6) is 5.75 Å². The topological polar surface area (TPSA) is 45.2 Å². The van der Waals surface area contributed by atoms with E-state index in [-0.39, 0.29) is 0 Å². The SMILES string of the molecule is CCCOc1ccc2[nH]cc([C@H](C)O)c2c1. The molecular formula is C13H17NO2.